The Bertz CT molecular complexity index is 873. The normalized spacial score (nSPS) is 17.0. The van der Waals surface area contributed by atoms with Crippen molar-refractivity contribution in [3.05, 3.63) is 65.7 Å². The van der Waals surface area contributed by atoms with E-state index in [9.17, 15) is 13.6 Å². The zero-order valence-electron chi connectivity index (χ0n) is 16.8. The van der Waals surface area contributed by atoms with Crippen molar-refractivity contribution in [1.29, 1.82) is 0 Å². The van der Waals surface area contributed by atoms with Gasteiger partial charge in [0.15, 0.2) is 11.7 Å². The van der Waals surface area contributed by atoms with Crippen molar-refractivity contribution in [1.82, 2.24) is 15.3 Å². The predicted molar refractivity (Wildman–Crippen MR) is 109 cm³/mol. The monoisotopic (exact) mass is 399 g/mol. The van der Waals surface area contributed by atoms with Crippen molar-refractivity contribution < 1.29 is 18.3 Å². The van der Waals surface area contributed by atoms with E-state index in [0.29, 0.717) is 18.4 Å². The van der Waals surface area contributed by atoms with Crippen LogP contribution in [-0.2, 0) is 4.74 Å². The molecule has 1 atom stereocenters. The molecule has 0 saturated heterocycles. The molecule has 1 aliphatic rings. The maximum absolute atomic E-state index is 14.7. The molecule has 0 saturated carbocycles. The lowest BCUT2D eigenvalue weighted by Gasteiger charge is -2.28. The van der Waals surface area contributed by atoms with Gasteiger partial charge in [0.05, 0.1) is 11.7 Å². The lowest BCUT2D eigenvalue weighted by molar-refractivity contribution is 0.0509. The Hall–Kier alpha value is -2.77. The van der Waals surface area contributed by atoms with E-state index in [1.54, 1.807) is 26.8 Å². The van der Waals surface area contributed by atoms with Crippen LogP contribution in [0.2, 0.25) is 0 Å². The van der Waals surface area contributed by atoms with Crippen LogP contribution in [0.3, 0.4) is 0 Å². The third-order valence-electron chi connectivity index (χ3n) is 4.11. The van der Waals surface area contributed by atoms with Gasteiger partial charge in [0.25, 0.3) is 0 Å². The first-order valence-electron chi connectivity index (χ1n) is 9.25. The zero-order valence-corrected chi connectivity index (χ0v) is 16.8. The summed E-state index contributed by atoms with van der Waals surface area (Å²) in [5.74, 6) is -1.93. The summed E-state index contributed by atoms with van der Waals surface area (Å²) in [4.78, 5) is 20.7. The average Bonchev–Trinajstić information content (AvgIpc) is 2.63. The Morgan fingerprint density at radius 3 is 2.69 bits per heavy atom. The summed E-state index contributed by atoms with van der Waals surface area (Å²) in [6.07, 6.45) is 7.29. The Kier molecular flexibility index (Phi) is 7.48. The van der Waals surface area contributed by atoms with Crippen molar-refractivity contribution in [3.63, 3.8) is 0 Å². The van der Waals surface area contributed by atoms with Gasteiger partial charge in [0, 0.05) is 18.0 Å². The number of aromatic nitrogens is 2. The Morgan fingerprint density at radius 1 is 1.38 bits per heavy atom. The summed E-state index contributed by atoms with van der Waals surface area (Å²) in [7, 11) is 5.98. The zero-order chi connectivity index (χ0) is 21.6. The second-order valence-electron chi connectivity index (χ2n) is 7.51. The average molecular weight is 399 g/mol. The summed E-state index contributed by atoms with van der Waals surface area (Å²) < 4.78 is 33.9. The fourth-order valence-electron chi connectivity index (χ4n) is 2.91. The van der Waals surface area contributed by atoms with Gasteiger partial charge in [-0.05, 0) is 57.3 Å². The highest BCUT2D eigenvalue weighted by Gasteiger charge is 2.29. The standard InChI is InChI=1S/C21H24BF2N3O2/c1-5-6-8-14(13-9-7-10-15(23)16(13)24)17(18-19(22)26-12-11-25-18)27-20(28)29-21(2,3)4/h5,7,10-12,17H,1,6,8-9H2,2-4H3,(H,27,28)/b14-13-/t17-/m0/s1. The van der Waals surface area contributed by atoms with E-state index < -0.39 is 29.4 Å². The number of carbonyl (C=O) groups excluding carboxylic acids is 1. The van der Waals surface area contributed by atoms with E-state index in [1.807, 2.05) is 0 Å². The summed E-state index contributed by atoms with van der Waals surface area (Å²) in [5.41, 5.74) is 0.119. The van der Waals surface area contributed by atoms with Gasteiger partial charge in [0.1, 0.15) is 13.4 Å². The van der Waals surface area contributed by atoms with Gasteiger partial charge >= 0.3 is 6.09 Å². The number of hydrogen-bond acceptors (Lipinski definition) is 4. The Morgan fingerprint density at radius 2 is 2.07 bits per heavy atom. The molecule has 29 heavy (non-hydrogen) atoms. The number of nitrogens with one attached hydrogen (secondary N) is 1. The van der Waals surface area contributed by atoms with E-state index in [4.69, 9.17) is 12.6 Å². The minimum atomic E-state index is -0.968. The summed E-state index contributed by atoms with van der Waals surface area (Å²) in [5, 5.41) is 2.70. The summed E-state index contributed by atoms with van der Waals surface area (Å²) in [6.45, 7) is 8.85. The molecule has 2 rings (SSSR count). The SMILES string of the molecule is [B]c1nccnc1[C@@H](NC(=O)OC(C)(C)C)/C(CCC=C)=C1/CC=CC(F)=C1F. The molecule has 0 unspecified atom stereocenters. The van der Waals surface area contributed by atoms with Crippen LogP contribution in [0.15, 0.2) is 60.0 Å². The second kappa shape index (κ2) is 9.63. The first-order chi connectivity index (χ1) is 13.6. The van der Waals surface area contributed by atoms with E-state index >= 15 is 0 Å². The molecule has 1 aromatic rings. The number of nitrogens with zero attached hydrogens (tertiary/aromatic N) is 2. The van der Waals surface area contributed by atoms with Gasteiger partial charge in [-0.1, -0.05) is 12.2 Å². The number of allylic oxidation sites excluding steroid dienone is 6. The second-order valence-corrected chi connectivity index (χ2v) is 7.51. The minimum absolute atomic E-state index is 0.0708. The number of carbonyl (C=O) groups is 1. The van der Waals surface area contributed by atoms with E-state index in [0.717, 1.165) is 6.08 Å². The maximum Gasteiger partial charge on any atom is 0.408 e. The lowest BCUT2D eigenvalue weighted by atomic mass is 9.86. The lowest BCUT2D eigenvalue weighted by Crippen LogP contribution is -2.38. The molecule has 1 amide bonds. The highest BCUT2D eigenvalue weighted by Crippen LogP contribution is 2.36. The van der Waals surface area contributed by atoms with Crippen LogP contribution in [0.4, 0.5) is 13.6 Å². The fourth-order valence-corrected chi connectivity index (χ4v) is 2.91. The van der Waals surface area contributed by atoms with Crippen molar-refractivity contribution in [2.24, 2.45) is 0 Å². The topological polar surface area (TPSA) is 64.1 Å². The van der Waals surface area contributed by atoms with Gasteiger partial charge in [-0.2, -0.15) is 0 Å². The van der Waals surface area contributed by atoms with E-state index in [2.05, 4.69) is 21.9 Å². The third-order valence-corrected chi connectivity index (χ3v) is 4.11. The van der Waals surface area contributed by atoms with Crippen LogP contribution in [0.1, 0.15) is 51.8 Å². The number of alkyl carbamates (subject to hydrolysis) is 1. The number of ether oxygens (including phenoxy) is 1. The maximum atomic E-state index is 14.7. The van der Waals surface area contributed by atoms with E-state index in [1.165, 1.54) is 18.5 Å². The van der Waals surface area contributed by atoms with Crippen molar-refractivity contribution >= 4 is 19.5 Å². The molecule has 1 aromatic heterocycles. The molecule has 2 radical (unpaired) electrons. The van der Waals surface area contributed by atoms with Crippen molar-refractivity contribution in [2.75, 3.05) is 0 Å². The number of amides is 1. The largest absolute Gasteiger partial charge is 0.444 e. The molecule has 1 heterocycles. The van der Waals surface area contributed by atoms with Gasteiger partial charge in [-0.25, -0.2) is 13.6 Å². The number of hydrogen-bond donors (Lipinski definition) is 1. The van der Waals surface area contributed by atoms with E-state index in [-0.39, 0.29) is 23.3 Å². The highest BCUT2D eigenvalue weighted by molar-refractivity contribution is 6.31. The third kappa shape index (κ3) is 6.11. The van der Waals surface area contributed by atoms with Crippen LogP contribution in [-0.4, -0.2) is 29.5 Å². The molecule has 5 nitrogen and oxygen atoms in total. The minimum Gasteiger partial charge on any atom is -0.444 e. The quantitative estimate of drug-likeness (QED) is 0.575. The molecule has 0 fully saturated rings. The Balaban J connectivity index is 2.59. The molecule has 1 N–H and O–H groups in total. The van der Waals surface area contributed by atoms with Crippen LogP contribution < -0.4 is 10.9 Å². The molecule has 0 spiro atoms. The van der Waals surface area contributed by atoms with Crippen LogP contribution in [0, 0.1) is 0 Å². The van der Waals surface area contributed by atoms with Gasteiger partial charge in [-0.3, -0.25) is 9.97 Å². The molecule has 0 aromatic carbocycles. The molecule has 0 aliphatic heterocycles. The molecule has 1 aliphatic carbocycles. The van der Waals surface area contributed by atoms with Crippen molar-refractivity contribution in [2.45, 2.75) is 51.7 Å². The van der Waals surface area contributed by atoms with Crippen LogP contribution >= 0.6 is 0 Å². The highest BCUT2D eigenvalue weighted by atomic mass is 19.2. The van der Waals surface area contributed by atoms with Gasteiger partial charge < -0.3 is 10.1 Å². The molecule has 152 valence electrons. The van der Waals surface area contributed by atoms with Gasteiger partial charge in [0.2, 0.25) is 0 Å². The first kappa shape index (κ1) is 22.5. The fraction of sp³-hybridized carbons (Fsp3) is 0.381. The molecule has 0 bridgehead atoms. The molecule has 8 heteroatoms. The smallest absolute Gasteiger partial charge is 0.408 e. The Labute approximate surface area is 171 Å². The number of halogens is 2. The summed E-state index contributed by atoms with van der Waals surface area (Å²) >= 11 is 0. The first-order valence-corrected chi connectivity index (χ1v) is 9.25. The summed E-state index contributed by atoms with van der Waals surface area (Å²) in [6, 6.07) is -0.946. The van der Waals surface area contributed by atoms with Crippen LogP contribution in [0.5, 0.6) is 0 Å². The van der Waals surface area contributed by atoms with Gasteiger partial charge in [-0.15, -0.1) is 6.58 Å². The van der Waals surface area contributed by atoms with Crippen LogP contribution in [0.25, 0.3) is 0 Å². The molecular formula is C21H24BF2N3O2. The predicted octanol–water partition coefficient (Wildman–Crippen LogP) is 4.21. The van der Waals surface area contributed by atoms with Crippen molar-refractivity contribution in [3.8, 4) is 0 Å². The molecular weight excluding hydrogens is 375 g/mol. The number of rotatable bonds is 6.